The number of amides is 3. The van der Waals surface area contributed by atoms with Gasteiger partial charge in [-0.25, -0.2) is 0 Å². The highest BCUT2D eigenvalue weighted by Crippen LogP contribution is 2.61. The molecule has 0 aromatic heterocycles. The Kier molecular flexibility index (Phi) is 15.1. The Bertz CT molecular complexity index is 1480. The van der Waals surface area contributed by atoms with Crippen molar-refractivity contribution in [3.8, 4) is 0 Å². The predicted octanol–water partition coefficient (Wildman–Crippen LogP) is 5.90. The van der Waals surface area contributed by atoms with Crippen LogP contribution in [0.1, 0.15) is 97.7 Å². The van der Waals surface area contributed by atoms with Crippen LogP contribution in [0.5, 0.6) is 0 Å². The summed E-state index contributed by atoms with van der Waals surface area (Å²) in [7, 11) is 1.51. The van der Waals surface area contributed by atoms with Crippen molar-refractivity contribution < 1.29 is 38.5 Å². The first-order valence-corrected chi connectivity index (χ1v) is 20.3. The molecule has 3 amide bonds. The van der Waals surface area contributed by atoms with E-state index in [0.717, 1.165) is 12.8 Å². The largest absolute Gasteiger partial charge is 0.455 e. The highest BCUT2D eigenvalue weighted by atomic mass is 79.9. The number of nitrogens with zero attached hydrogens (tertiary/aromatic N) is 2. The molecule has 1 spiro atoms. The molecule has 1 aromatic rings. The first kappa shape index (κ1) is 43.7. The molecule has 1 aromatic carbocycles. The van der Waals surface area contributed by atoms with Crippen LogP contribution in [0.2, 0.25) is 0 Å². The Morgan fingerprint density at radius 2 is 1.80 bits per heavy atom. The van der Waals surface area contributed by atoms with E-state index in [1.165, 1.54) is 7.11 Å². The zero-order valence-corrected chi connectivity index (χ0v) is 34.6. The van der Waals surface area contributed by atoms with E-state index in [1.54, 1.807) is 17.1 Å². The van der Waals surface area contributed by atoms with Gasteiger partial charge in [0.2, 0.25) is 17.7 Å². The number of aliphatic hydroxyl groups excluding tert-OH is 1. The Morgan fingerprint density at radius 1 is 1.11 bits per heavy atom. The van der Waals surface area contributed by atoms with Crippen molar-refractivity contribution >= 4 is 39.6 Å². The Labute approximate surface area is 330 Å². The Morgan fingerprint density at radius 3 is 2.41 bits per heavy atom. The fourth-order valence-corrected chi connectivity index (χ4v) is 10.0. The topological polar surface area (TPSA) is 135 Å². The minimum atomic E-state index is -1.27. The van der Waals surface area contributed by atoms with Crippen LogP contribution in [0.4, 0.5) is 0 Å². The molecule has 8 atom stereocenters. The van der Waals surface area contributed by atoms with E-state index >= 15 is 4.79 Å². The van der Waals surface area contributed by atoms with Crippen LogP contribution < -0.4 is 5.32 Å². The standard InChI is InChI=1S/C42H62BrN3O8/c1-9-11-21-31(48)44-30(26-52-8)34(28-19-15-14-16-20-28)53-39(51)32-33-37(49)45(23-17-12-13-18-24-47)36(42(33)25-29(43)35(32)54-42)38(50)46(22-10-2)41(6,7)27-40(3,4)5/h9-10,14-16,19-20,29-30,32-36,47H,1-2,11-13,17-18,21-27H2,3-8H3,(H,44,48)/t29?,30-,32-,33+,34-,35-,36-,42+/m1/s1. The molecule has 3 heterocycles. The van der Waals surface area contributed by atoms with E-state index in [4.69, 9.17) is 14.2 Å². The lowest BCUT2D eigenvalue weighted by atomic mass is 9.70. The summed E-state index contributed by atoms with van der Waals surface area (Å²) >= 11 is 3.79. The number of ether oxygens (including phenoxy) is 3. The monoisotopic (exact) mass is 815 g/mol. The van der Waals surface area contributed by atoms with Crippen LogP contribution in [0.25, 0.3) is 0 Å². The maximum atomic E-state index is 15.1. The molecular formula is C42H62BrN3O8. The quantitative estimate of drug-likeness (QED) is 0.0679. The number of methoxy groups -OCH3 is 1. The van der Waals surface area contributed by atoms with Crippen molar-refractivity contribution in [3.05, 3.63) is 61.2 Å². The second kappa shape index (κ2) is 18.7. The van der Waals surface area contributed by atoms with Crippen LogP contribution in [0, 0.1) is 17.3 Å². The van der Waals surface area contributed by atoms with E-state index < -0.39 is 53.2 Å². The molecule has 4 rings (SSSR count). The van der Waals surface area contributed by atoms with Crippen LogP contribution >= 0.6 is 15.9 Å². The summed E-state index contributed by atoms with van der Waals surface area (Å²) in [6.07, 6.45) is 6.32. The number of hydrogen-bond donors (Lipinski definition) is 2. The maximum Gasteiger partial charge on any atom is 0.313 e. The van der Waals surface area contributed by atoms with Gasteiger partial charge in [-0.15, -0.1) is 13.2 Å². The number of hydrogen-bond acceptors (Lipinski definition) is 8. The van der Waals surface area contributed by atoms with Gasteiger partial charge in [-0.05, 0) is 56.9 Å². The number of carbonyl (C=O) groups excluding carboxylic acids is 4. The molecule has 300 valence electrons. The number of rotatable bonds is 21. The maximum absolute atomic E-state index is 15.1. The molecule has 3 fully saturated rings. The second-order valence-corrected chi connectivity index (χ2v) is 18.0. The van der Waals surface area contributed by atoms with Crippen molar-refractivity contribution in [1.82, 2.24) is 15.1 Å². The normalized spacial score (nSPS) is 25.9. The molecule has 11 nitrogen and oxygen atoms in total. The number of nitrogens with one attached hydrogen (secondary N) is 1. The smallest absolute Gasteiger partial charge is 0.313 e. The molecule has 0 radical (unpaired) electrons. The molecule has 54 heavy (non-hydrogen) atoms. The van der Waals surface area contributed by atoms with E-state index in [-0.39, 0.29) is 54.1 Å². The summed E-state index contributed by atoms with van der Waals surface area (Å²) in [5.41, 5.74) is -1.30. The third-order valence-corrected chi connectivity index (χ3v) is 11.7. The number of fused-ring (bicyclic) bond motifs is 1. The Hall–Kier alpha value is -3.06. The summed E-state index contributed by atoms with van der Waals surface area (Å²) in [6.45, 7) is 18.9. The molecule has 0 aliphatic carbocycles. The number of halogens is 1. The first-order chi connectivity index (χ1) is 25.6. The van der Waals surface area contributed by atoms with Crippen molar-refractivity contribution in [2.24, 2.45) is 17.3 Å². The van der Waals surface area contributed by atoms with Gasteiger partial charge in [0, 0.05) is 43.6 Å². The van der Waals surface area contributed by atoms with Crippen molar-refractivity contribution in [2.45, 2.75) is 126 Å². The van der Waals surface area contributed by atoms with Gasteiger partial charge in [0.25, 0.3) is 0 Å². The van der Waals surface area contributed by atoms with E-state index in [1.807, 2.05) is 49.1 Å². The summed E-state index contributed by atoms with van der Waals surface area (Å²) < 4.78 is 18.7. The molecule has 0 saturated carbocycles. The highest BCUT2D eigenvalue weighted by Gasteiger charge is 2.77. The summed E-state index contributed by atoms with van der Waals surface area (Å²) in [5, 5.41) is 12.3. The zero-order valence-electron chi connectivity index (χ0n) is 33.1. The lowest BCUT2D eigenvalue weighted by Gasteiger charge is -2.45. The number of esters is 1. The lowest BCUT2D eigenvalue weighted by Crippen LogP contribution is -2.61. The van der Waals surface area contributed by atoms with Gasteiger partial charge < -0.3 is 34.4 Å². The van der Waals surface area contributed by atoms with E-state index in [2.05, 4.69) is 55.2 Å². The molecule has 12 heteroatoms. The molecule has 2 N–H and O–H groups in total. The minimum Gasteiger partial charge on any atom is -0.455 e. The van der Waals surface area contributed by atoms with Crippen LogP contribution in [0.15, 0.2) is 55.6 Å². The molecule has 3 saturated heterocycles. The number of allylic oxidation sites excluding steroid dienone is 1. The van der Waals surface area contributed by atoms with Gasteiger partial charge in [0.05, 0.1) is 30.6 Å². The van der Waals surface area contributed by atoms with E-state index in [9.17, 15) is 19.5 Å². The zero-order chi connectivity index (χ0) is 39.8. The molecule has 1 unspecified atom stereocenters. The van der Waals surface area contributed by atoms with E-state index in [0.29, 0.717) is 44.2 Å². The van der Waals surface area contributed by atoms with Gasteiger partial charge in [0.15, 0.2) is 0 Å². The van der Waals surface area contributed by atoms with Crippen molar-refractivity contribution in [3.63, 3.8) is 0 Å². The number of carbonyl (C=O) groups is 4. The van der Waals surface area contributed by atoms with Gasteiger partial charge in [0.1, 0.15) is 17.7 Å². The van der Waals surface area contributed by atoms with Crippen LogP contribution in [-0.2, 0) is 33.4 Å². The number of benzene rings is 1. The van der Waals surface area contributed by atoms with Gasteiger partial charge in [-0.3, -0.25) is 19.2 Å². The molecule has 3 aliphatic heterocycles. The fourth-order valence-electron chi connectivity index (χ4n) is 9.10. The Balaban J connectivity index is 1.75. The summed E-state index contributed by atoms with van der Waals surface area (Å²) in [5.74, 6) is -3.36. The van der Waals surface area contributed by atoms with Gasteiger partial charge in [-0.1, -0.05) is 92.0 Å². The average molecular weight is 817 g/mol. The third-order valence-electron chi connectivity index (χ3n) is 10.9. The number of alkyl halides is 1. The minimum absolute atomic E-state index is 0.0642. The van der Waals surface area contributed by atoms with Gasteiger partial charge >= 0.3 is 5.97 Å². The number of unbranched alkanes of at least 4 members (excludes halogenated alkanes) is 3. The second-order valence-electron chi connectivity index (χ2n) is 16.8. The van der Waals surface area contributed by atoms with Gasteiger partial charge in [-0.2, -0.15) is 0 Å². The first-order valence-electron chi connectivity index (χ1n) is 19.4. The SMILES string of the molecule is C=CCCC(=O)N[C@H](COC)[C@H](OC(=O)[C@H]1[C@@H]2O[C@@]3(CC2Br)[C@@H]1C(=O)N(CCCCCCO)[C@@H]3C(=O)N(CC=C)C(C)(C)CC(C)(C)C)c1ccccc1. The molecular weight excluding hydrogens is 754 g/mol. The fraction of sp³-hybridized carbons (Fsp3) is 0.667. The molecule has 3 aliphatic rings. The van der Waals surface area contributed by atoms with Crippen LogP contribution in [-0.4, -0.2) is 106 Å². The lowest BCUT2D eigenvalue weighted by molar-refractivity contribution is -0.163. The predicted molar refractivity (Wildman–Crippen MR) is 212 cm³/mol. The highest BCUT2D eigenvalue weighted by molar-refractivity contribution is 9.09. The summed E-state index contributed by atoms with van der Waals surface area (Å²) in [6, 6.07) is 7.46. The summed E-state index contributed by atoms with van der Waals surface area (Å²) in [4.78, 5) is 60.8. The number of likely N-dealkylation sites (tertiary alicyclic amines) is 1. The van der Waals surface area contributed by atoms with Crippen molar-refractivity contribution in [1.29, 1.82) is 0 Å². The third kappa shape index (κ3) is 9.65. The van der Waals surface area contributed by atoms with Crippen molar-refractivity contribution in [2.75, 3.05) is 33.4 Å². The number of aliphatic hydroxyl groups is 1. The van der Waals surface area contributed by atoms with Crippen LogP contribution in [0.3, 0.4) is 0 Å². The average Bonchev–Trinajstić information content (AvgIpc) is 3.70. The molecule has 2 bridgehead atoms.